The van der Waals surface area contributed by atoms with Gasteiger partial charge in [-0.25, -0.2) is 4.79 Å². The maximum atomic E-state index is 13.9. The van der Waals surface area contributed by atoms with E-state index >= 15 is 0 Å². The molecule has 42 heavy (non-hydrogen) atoms. The Hall–Kier alpha value is -4.39. The Morgan fingerprint density at radius 3 is 2.29 bits per heavy atom. The van der Waals surface area contributed by atoms with Gasteiger partial charge in [-0.15, -0.1) is 0 Å². The second kappa shape index (κ2) is 13.5. The molecule has 0 spiro atoms. The fourth-order valence-corrected chi connectivity index (χ4v) is 5.86. The van der Waals surface area contributed by atoms with Gasteiger partial charge in [0, 0.05) is 23.7 Å². The molecule has 0 saturated heterocycles. The van der Waals surface area contributed by atoms with Crippen LogP contribution in [0.5, 0.6) is 17.2 Å². The summed E-state index contributed by atoms with van der Waals surface area (Å²) in [5.74, 6) is 0.362. The van der Waals surface area contributed by atoms with E-state index in [1.807, 2.05) is 80.6 Å². The number of allylic oxidation sites excluding steroid dienone is 1. The number of carbonyl (C=O) groups excluding carboxylic acids is 2. The molecule has 3 aromatic carbocycles. The number of rotatable bonds is 11. The van der Waals surface area contributed by atoms with Crippen LogP contribution in [0.15, 0.2) is 95.1 Å². The van der Waals surface area contributed by atoms with Crippen molar-refractivity contribution < 1.29 is 28.5 Å². The molecule has 1 unspecified atom stereocenters. The van der Waals surface area contributed by atoms with E-state index < -0.39 is 17.8 Å². The third-order valence-corrected chi connectivity index (χ3v) is 7.78. The molecule has 7 nitrogen and oxygen atoms in total. The standard InChI is InChI=1S/C35H37NO6/c1-4-17-41-30-16-15-25(22-31(30)39-3)33-32(35(38)42-19-18-40-27-13-9-6-10-14-27)23(2)36-28-20-26(21-29(37)34(28)33)24-11-7-5-8-12-24/h5-16,22,26,33-34H,4,17-21H2,1-3H3/t26-,33+,34?/m1/s1. The molecule has 5 rings (SSSR count). The van der Waals surface area contributed by atoms with Crippen molar-refractivity contribution in [2.24, 2.45) is 10.9 Å². The number of hydrogen-bond donors (Lipinski definition) is 0. The lowest BCUT2D eigenvalue weighted by atomic mass is 9.66. The largest absolute Gasteiger partial charge is 0.493 e. The number of aliphatic imine (C=N–C) groups is 1. The number of benzene rings is 3. The highest BCUT2D eigenvalue weighted by molar-refractivity contribution is 6.12. The molecular weight excluding hydrogens is 530 g/mol. The summed E-state index contributed by atoms with van der Waals surface area (Å²) in [6.45, 7) is 4.69. The minimum Gasteiger partial charge on any atom is -0.493 e. The molecule has 7 heteroatoms. The monoisotopic (exact) mass is 567 g/mol. The Bertz CT molecular complexity index is 1460. The van der Waals surface area contributed by atoms with E-state index in [9.17, 15) is 9.59 Å². The van der Waals surface area contributed by atoms with E-state index in [0.717, 1.165) is 23.3 Å². The van der Waals surface area contributed by atoms with Crippen LogP contribution in [0.2, 0.25) is 0 Å². The quantitative estimate of drug-likeness (QED) is 0.190. The molecule has 2 aliphatic rings. The molecule has 0 aromatic heterocycles. The summed E-state index contributed by atoms with van der Waals surface area (Å²) in [4.78, 5) is 32.5. The van der Waals surface area contributed by atoms with Gasteiger partial charge in [-0.2, -0.15) is 0 Å². The summed E-state index contributed by atoms with van der Waals surface area (Å²) < 4.78 is 23.0. The van der Waals surface area contributed by atoms with Crippen molar-refractivity contribution in [1.29, 1.82) is 0 Å². The first-order valence-electron chi connectivity index (χ1n) is 14.5. The molecule has 1 aliphatic carbocycles. The van der Waals surface area contributed by atoms with Crippen LogP contribution in [-0.4, -0.2) is 44.4 Å². The van der Waals surface area contributed by atoms with Crippen LogP contribution >= 0.6 is 0 Å². The number of ketones is 1. The van der Waals surface area contributed by atoms with Crippen molar-refractivity contribution in [3.8, 4) is 17.2 Å². The van der Waals surface area contributed by atoms with Gasteiger partial charge in [0.1, 0.15) is 24.7 Å². The number of methoxy groups -OCH3 is 1. The molecule has 0 N–H and O–H groups in total. The highest BCUT2D eigenvalue weighted by Gasteiger charge is 2.46. The van der Waals surface area contributed by atoms with Crippen molar-refractivity contribution >= 4 is 17.5 Å². The number of ether oxygens (including phenoxy) is 4. The maximum Gasteiger partial charge on any atom is 0.336 e. The third-order valence-electron chi connectivity index (χ3n) is 7.78. The van der Waals surface area contributed by atoms with Crippen LogP contribution in [0.25, 0.3) is 0 Å². The van der Waals surface area contributed by atoms with Crippen LogP contribution in [0.4, 0.5) is 0 Å². The van der Waals surface area contributed by atoms with Crippen LogP contribution in [0.3, 0.4) is 0 Å². The molecule has 1 fully saturated rings. The van der Waals surface area contributed by atoms with Gasteiger partial charge in [-0.1, -0.05) is 61.5 Å². The number of Topliss-reactive ketones (excluding diaryl/α,β-unsaturated/α-hetero) is 1. The van der Waals surface area contributed by atoms with Gasteiger partial charge >= 0.3 is 5.97 Å². The van der Waals surface area contributed by atoms with Crippen molar-refractivity contribution in [2.45, 2.75) is 44.9 Å². The van der Waals surface area contributed by atoms with Gasteiger partial charge in [0.05, 0.1) is 25.2 Å². The minimum absolute atomic E-state index is 0.0464. The fraction of sp³-hybridized carbons (Fsp3) is 0.343. The zero-order valence-electron chi connectivity index (χ0n) is 24.4. The number of nitrogens with zero attached hydrogens (tertiary/aromatic N) is 1. The molecule has 3 aromatic rings. The summed E-state index contributed by atoms with van der Waals surface area (Å²) in [7, 11) is 1.59. The average molecular weight is 568 g/mol. The van der Waals surface area contributed by atoms with Crippen molar-refractivity contribution in [2.75, 3.05) is 26.9 Å². The molecule has 3 atom stereocenters. The average Bonchev–Trinajstić information content (AvgIpc) is 3.02. The summed E-state index contributed by atoms with van der Waals surface area (Å²) in [5.41, 5.74) is 3.66. The third kappa shape index (κ3) is 6.40. The lowest BCUT2D eigenvalue weighted by Gasteiger charge is -2.38. The number of carbonyl (C=O) groups is 2. The fourth-order valence-electron chi connectivity index (χ4n) is 5.86. The Morgan fingerprint density at radius 1 is 0.833 bits per heavy atom. The molecular formula is C35H37NO6. The van der Waals surface area contributed by atoms with E-state index in [2.05, 4.69) is 12.1 Å². The number of para-hydroxylation sites is 1. The molecule has 1 heterocycles. The van der Waals surface area contributed by atoms with Gasteiger partial charge < -0.3 is 18.9 Å². The minimum atomic E-state index is -0.566. The summed E-state index contributed by atoms with van der Waals surface area (Å²) >= 11 is 0. The second-order valence-electron chi connectivity index (χ2n) is 10.6. The lowest BCUT2D eigenvalue weighted by Crippen LogP contribution is -2.41. The van der Waals surface area contributed by atoms with Gasteiger partial charge in [-0.3, -0.25) is 9.79 Å². The first kappa shape index (κ1) is 29.1. The van der Waals surface area contributed by atoms with Crippen molar-refractivity contribution in [3.63, 3.8) is 0 Å². The molecule has 218 valence electrons. The van der Waals surface area contributed by atoms with E-state index in [1.54, 1.807) is 7.11 Å². The highest BCUT2D eigenvalue weighted by Crippen LogP contribution is 2.47. The second-order valence-corrected chi connectivity index (χ2v) is 10.6. The van der Waals surface area contributed by atoms with Crippen LogP contribution in [0.1, 0.15) is 56.1 Å². The van der Waals surface area contributed by atoms with Crippen molar-refractivity contribution in [3.05, 3.63) is 101 Å². The maximum absolute atomic E-state index is 13.9. The highest BCUT2D eigenvalue weighted by atomic mass is 16.6. The molecule has 1 saturated carbocycles. The Labute approximate surface area is 247 Å². The topological polar surface area (TPSA) is 83.4 Å². The van der Waals surface area contributed by atoms with Gasteiger partial charge in [-0.05, 0) is 61.1 Å². The van der Waals surface area contributed by atoms with Crippen LogP contribution in [0, 0.1) is 5.92 Å². The number of hydrogen-bond acceptors (Lipinski definition) is 7. The van der Waals surface area contributed by atoms with E-state index in [4.69, 9.17) is 23.9 Å². The number of esters is 1. The lowest BCUT2D eigenvalue weighted by molar-refractivity contribution is -0.140. The van der Waals surface area contributed by atoms with Crippen molar-refractivity contribution in [1.82, 2.24) is 0 Å². The van der Waals surface area contributed by atoms with Crippen LogP contribution < -0.4 is 14.2 Å². The van der Waals surface area contributed by atoms with Crippen LogP contribution in [-0.2, 0) is 14.3 Å². The SMILES string of the molecule is CCCOc1ccc([C@H]2C(C(=O)OCCOc3ccccc3)=C(C)N=C3C[C@@H](c4ccccc4)CC(=O)C32)cc1OC. The Kier molecular flexibility index (Phi) is 9.37. The summed E-state index contributed by atoms with van der Waals surface area (Å²) in [6.07, 6.45) is 1.89. The van der Waals surface area contributed by atoms with Gasteiger partial charge in [0.2, 0.25) is 0 Å². The first-order valence-corrected chi connectivity index (χ1v) is 14.5. The smallest absolute Gasteiger partial charge is 0.336 e. The predicted molar refractivity (Wildman–Crippen MR) is 161 cm³/mol. The van der Waals surface area contributed by atoms with Gasteiger partial charge in [0.25, 0.3) is 0 Å². The molecule has 0 amide bonds. The molecule has 0 bridgehead atoms. The zero-order valence-corrected chi connectivity index (χ0v) is 24.4. The Balaban J connectivity index is 1.46. The van der Waals surface area contributed by atoms with E-state index in [1.165, 1.54) is 0 Å². The molecule has 0 radical (unpaired) electrons. The summed E-state index contributed by atoms with van der Waals surface area (Å²) in [6, 6.07) is 25.1. The van der Waals surface area contributed by atoms with E-state index in [-0.39, 0.29) is 24.9 Å². The number of fused-ring (bicyclic) bond motifs is 1. The Morgan fingerprint density at radius 2 is 1.57 bits per heavy atom. The molecule has 1 aliphatic heterocycles. The van der Waals surface area contributed by atoms with Gasteiger partial charge in [0.15, 0.2) is 11.5 Å². The normalized spacial score (nSPS) is 19.9. The first-order chi connectivity index (χ1) is 20.5. The summed E-state index contributed by atoms with van der Waals surface area (Å²) in [5, 5.41) is 0. The zero-order chi connectivity index (χ0) is 29.5. The van der Waals surface area contributed by atoms with E-state index in [0.29, 0.717) is 48.0 Å². The predicted octanol–water partition coefficient (Wildman–Crippen LogP) is 6.68.